The molecule has 6 nitrogen and oxygen atoms in total. The van der Waals surface area contributed by atoms with Crippen molar-refractivity contribution in [3.8, 4) is 0 Å². The maximum Gasteiger partial charge on any atom is 0.265 e. The first-order valence-electron chi connectivity index (χ1n) is 15.1. The van der Waals surface area contributed by atoms with E-state index in [0.717, 1.165) is 12.7 Å². The lowest BCUT2D eigenvalue weighted by molar-refractivity contribution is -0.677. The summed E-state index contributed by atoms with van der Waals surface area (Å²) in [6.45, 7) is 10.7. The number of hydrogen-bond donors (Lipinski definition) is 1. The molecule has 3 aliphatic rings. The maximum absolute atomic E-state index is 11.9. The van der Waals surface area contributed by atoms with Crippen molar-refractivity contribution < 1.29 is 22.3 Å². The third kappa shape index (κ3) is 6.16. The molecule has 1 unspecified atom stereocenters. The van der Waals surface area contributed by atoms with Gasteiger partial charge in [0, 0.05) is 17.7 Å². The Morgan fingerprint density at radius 2 is 1.50 bits per heavy atom. The van der Waals surface area contributed by atoms with E-state index >= 15 is 0 Å². The van der Waals surface area contributed by atoms with Gasteiger partial charge in [-0.2, -0.15) is 8.42 Å². The van der Waals surface area contributed by atoms with Crippen LogP contribution in [0.15, 0.2) is 79.4 Å². The second-order valence-electron chi connectivity index (χ2n) is 14.0. The molecule has 1 aromatic heterocycles. The summed E-state index contributed by atoms with van der Waals surface area (Å²) in [5, 5.41) is 0. The van der Waals surface area contributed by atoms with Crippen LogP contribution in [0.1, 0.15) is 89.2 Å². The van der Waals surface area contributed by atoms with Crippen molar-refractivity contribution in [1.82, 2.24) is 4.57 Å². The molecule has 2 aromatic carbocycles. The number of fused-ring (bicyclic) bond motifs is 2. The van der Waals surface area contributed by atoms with E-state index in [9.17, 15) is 13.2 Å². The van der Waals surface area contributed by atoms with Gasteiger partial charge < -0.3 is 0 Å². The number of rotatable bonds is 6. The summed E-state index contributed by atoms with van der Waals surface area (Å²) in [6.07, 6.45) is 12.5. The monoisotopic (exact) mass is 609 g/mol. The normalized spacial score (nSPS) is 27.2. The van der Waals surface area contributed by atoms with Gasteiger partial charge >= 0.3 is 0 Å². The van der Waals surface area contributed by atoms with Gasteiger partial charge in [0.25, 0.3) is 10.1 Å². The van der Waals surface area contributed by atoms with E-state index in [0.29, 0.717) is 24.2 Å². The van der Waals surface area contributed by atoms with Crippen LogP contribution in [0.4, 0.5) is 0 Å². The van der Waals surface area contributed by atoms with Gasteiger partial charge in [0.2, 0.25) is 6.33 Å². The molecule has 6 rings (SSSR count). The standard InChI is InChI=1S/C24H30N2P.C10H16O4S/c1-24(2,3)26-17-16-25(18-26)19-27-22(20-10-6-4-7-11-20)14-15-23(27)21-12-8-5-9-13-21;1-9(2)7-3-4-10(9,8(11)5-7)6-15(12,13)14/h4-13,16-18,22-23H,14-15,19H2,1-3H3;7H,3-6H2,1-2H3,(H,12,13,14)/q+1;/t22-,23-;7?,10-/m01/s1. The van der Waals surface area contributed by atoms with E-state index in [2.05, 4.69) is 109 Å². The molecule has 8 heteroatoms. The highest BCUT2D eigenvalue weighted by Gasteiger charge is 2.65. The van der Waals surface area contributed by atoms with Crippen molar-refractivity contribution in [2.24, 2.45) is 16.7 Å². The second-order valence-corrected chi connectivity index (χ2v) is 18.0. The molecule has 2 saturated carbocycles. The third-order valence-electron chi connectivity index (χ3n) is 10.2. The molecular weight excluding hydrogens is 563 g/mol. The van der Waals surface area contributed by atoms with E-state index in [1.165, 1.54) is 24.0 Å². The minimum atomic E-state index is -4.08. The summed E-state index contributed by atoms with van der Waals surface area (Å²) < 4.78 is 35.7. The average molecular weight is 610 g/mol. The highest BCUT2D eigenvalue weighted by molar-refractivity contribution is 7.85. The Balaban J connectivity index is 0.000000199. The fraction of sp³-hybridized carbons (Fsp3) is 0.529. The van der Waals surface area contributed by atoms with Gasteiger partial charge in [0.15, 0.2) is 0 Å². The number of aromatic nitrogens is 2. The molecule has 2 heterocycles. The van der Waals surface area contributed by atoms with Crippen LogP contribution in [0, 0.1) is 16.7 Å². The van der Waals surface area contributed by atoms with Crippen LogP contribution < -0.4 is 4.57 Å². The Bertz CT molecular complexity index is 1450. The quantitative estimate of drug-likeness (QED) is 0.178. The first kappa shape index (κ1) is 31.1. The van der Waals surface area contributed by atoms with Crippen LogP contribution in [-0.4, -0.2) is 29.1 Å². The summed E-state index contributed by atoms with van der Waals surface area (Å²) in [5.74, 6) is -0.101. The zero-order valence-electron chi connectivity index (χ0n) is 25.6. The van der Waals surface area contributed by atoms with Crippen LogP contribution in [0.3, 0.4) is 0 Å². The topological polar surface area (TPSA) is 80.2 Å². The highest BCUT2D eigenvalue weighted by Crippen LogP contribution is 2.70. The Hall–Kier alpha value is -2.34. The van der Waals surface area contributed by atoms with Gasteiger partial charge in [-0.25, -0.2) is 9.13 Å². The molecule has 226 valence electrons. The van der Waals surface area contributed by atoms with E-state index < -0.39 is 21.3 Å². The van der Waals surface area contributed by atoms with Crippen molar-refractivity contribution in [2.75, 3.05) is 5.75 Å². The molecular formula is C34H46N2O4PS+. The third-order valence-corrected chi connectivity index (χ3v) is 14.5. The Labute approximate surface area is 253 Å². The molecule has 3 aromatic rings. The number of hydrogen-bond acceptors (Lipinski definition) is 3. The van der Waals surface area contributed by atoms with Crippen molar-refractivity contribution in [2.45, 2.75) is 89.9 Å². The second kappa shape index (κ2) is 11.6. The van der Waals surface area contributed by atoms with E-state index in [1.54, 1.807) is 0 Å². The molecule has 4 atom stereocenters. The molecule has 42 heavy (non-hydrogen) atoms. The average Bonchev–Trinajstić information content (AvgIpc) is 3.66. The first-order valence-corrected chi connectivity index (χ1v) is 18.4. The van der Waals surface area contributed by atoms with Crippen LogP contribution in [-0.2, 0) is 26.7 Å². The maximum atomic E-state index is 11.9. The number of carbonyl (C=O) groups excluding carboxylic acids is 1. The lowest BCUT2D eigenvalue weighted by Gasteiger charge is -2.35. The van der Waals surface area contributed by atoms with Crippen LogP contribution in [0.5, 0.6) is 0 Å². The molecule has 2 aliphatic carbocycles. The molecule has 0 amide bonds. The zero-order valence-corrected chi connectivity index (χ0v) is 27.3. The minimum absolute atomic E-state index is 0.0152. The smallest absolute Gasteiger partial charge is 0.265 e. The molecule has 1 N–H and O–H groups in total. The fourth-order valence-electron chi connectivity index (χ4n) is 7.61. The lowest BCUT2D eigenvalue weighted by atomic mass is 9.70. The molecule has 0 spiro atoms. The SMILES string of the molecule is CC(C)(C)n1cc[n+](CP2[C@H](c3ccccc3)CC[C@H]2c2ccccc2)c1.CC1(C)C2CC[C@@]1(CS(=O)(=O)O)C(=O)C2. The fourth-order valence-corrected chi connectivity index (χ4v) is 12.4. The number of carbonyl (C=O) groups is 1. The van der Waals surface area contributed by atoms with Crippen LogP contribution in [0.25, 0.3) is 0 Å². The number of imidazole rings is 1. The summed E-state index contributed by atoms with van der Waals surface area (Å²) >= 11 is 0. The van der Waals surface area contributed by atoms with E-state index in [-0.39, 0.29) is 30.6 Å². The number of ketones is 1. The van der Waals surface area contributed by atoms with Crippen molar-refractivity contribution in [1.29, 1.82) is 0 Å². The predicted octanol–water partition coefficient (Wildman–Crippen LogP) is 7.52. The van der Waals surface area contributed by atoms with Crippen molar-refractivity contribution in [3.05, 3.63) is 90.5 Å². The Kier molecular flexibility index (Phi) is 8.61. The Morgan fingerprint density at radius 3 is 1.90 bits per heavy atom. The number of nitrogens with zero attached hydrogens (tertiary/aromatic N) is 2. The largest absolute Gasteiger partial charge is 0.299 e. The van der Waals surface area contributed by atoms with Gasteiger partial charge in [-0.1, -0.05) is 74.5 Å². The molecule has 1 saturated heterocycles. The van der Waals surface area contributed by atoms with Crippen molar-refractivity contribution in [3.63, 3.8) is 0 Å². The summed E-state index contributed by atoms with van der Waals surface area (Å²) in [4.78, 5) is 11.9. The number of benzene rings is 2. The summed E-state index contributed by atoms with van der Waals surface area (Å²) in [7, 11) is -4.25. The van der Waals surface area contributed by atoms with E-state index in [4.69, 9.17) is 4.55 Å². The first-order chi connectivity index (χ1) is 19.7. The summed E-state index contributed by atoms with van der Waals surface area (Å²) in [5.41, 5.74) is 3.45. The van der Waals surface area contributed by atoms with Gasteiger partial charge in [0.1, 0.15) is 30.0 Å². The molecule has 3 fully saturated rings. The van der Waals surface area contributed by atoms with Gasteiger partial charge in [-0.15, -0.1) is 0 Å². The molecule has 2 bridgehead atoms. The molecule has 0 radical (unpaired) electrons. The highest BCUT2D eigenvalue weighted by atomic mass is 32.2. The lowest BCUT2D eigenvalue weighted by Crippen LogP contribution is -2.42. The van der Waals surface area contributed by atoms with Crippen molar-refractivity contribution >= 4 is 23.8 Å². The number of Topliss-reactive ketones (excluding diaryl/α,β-unsaturated/α-hetero) is 1. The van der Waals surface area contributed by atoms with Gasteiger partial charge in [-0.05, 0) is 76.8 Å². The Morgan fingerprint density at radius 1 is 0.952 bits per heavy atom. The van der Waals surface area contributed by atoms with Gasteiger partial charge in [0.05, 0.1) is 11.2 Å². The van der Waals surface area contributed by atoms with E-state index in [1.807, 2.05) is 13.8 Å². The predicted molar refractivity (Wildman–Crippen MR) is 169 cm³/mol. The van der Waals surface area contributed by atoms with Gasteiger partial charge in [-0.3, -0.25) is 9.35 Å². The molecule has 1 aliphatic heterocycles. The minimum Gasteiger partial charge on any atom is -0.299 e. The summed E-state index contributed by atoms with van der Waals surface area (Å²) in [6, 6.07) is 22.4. The van der Waals surface area contributed by atoms with Crippen LogP contribution >= 0.6 is 7.92 Å². The van der Waals surface area contributed by atoms with Crippen LogP contribution in [0.2, 0.25) is 0 Å². The zero-order chi connectivity index (χ0) is 30.3.